The largest absolute Gasteiger partial charge is 0.582 e. The molecule has 1 aliphatic rings. The van der Waals surface area contributed by atoms with Crippen LogP contribution in [-0.2, 0) is 9.09 Å². The van der Waals surface area contributed by atoms with Crippen LogP contribution in [0.1, 0.15) is 116 Å². The zero-order chi connectivity index (χ0) is 18.2. The van der Waals surface area contributed by atoms with Crippen LogP contribution in [0.3, 0.4) is 0 Å². The summed E-state index contributed by atoms with van der Waals surface area (Å²) < 4.78 is 15.6. The lowest BCUT2D eigenvalue weighted by Crippen LogP contribution is -1.88. The fourth-order valence-electron chi connectivity index (χ4n) is 3.92. The standard InChI is InChI=1S/C21H41O2PS/c1-2-3-4-5-10-13-16-20-19-21(20)17-14-11-8-6-7-9-12-15-18-23-24(22)25/h20-21H,2-19H2,1H3/p+1. The third-order valence-electron chi connectivity index (χ3n) is 5.67. The molecule has 0 aliphatic heterocycles. The second-order valence-corrected chi connectivity index (χ2v) is 9.71. The molecule has 3 atom stereocenters. The van der Waals surface area contributed by atoms with Gasteiger partial charge >= 0.3 is 7.23 Å². The van der Waals surface area contributed by atoms with Crippen LogP contribution in [0.5, 0.6) is 0 Å². The summed E-state index contributed by atoms with van der Waals surface area (Å²) in [6, 6.07) is 0. The van der Waals surface area contributed by atoms with Crippen molar-refractivity contribution in [1.82, 2.24) is 0 Å². The number of unbranched alkanes of at least 4 members (excludes halogenated alkanes) is 12. The molecule has 3 unspecified atom stereocenters. The van der Waals surface area contributed by atoms with Crippen LogP contribution in [0.4, 0.5) is 0 Å². The molecule has 0 aromatic rings. The molecule has 1 saturated carbocycles. The predicted octanol–water partition coefficient (Wildman–Crippen LogP) is 8.49. The molecule has 0 N–H and O–H groups in total. The van der Waals surface area contributed by atoms with E-state index in [0.717, 1.165) is 18.3 Å². The maximum Gasteiger partial charge on any atom is 0.582 e. The molecule has 0 bridgehead atoms. The first-order valence-corrected chi connectivity index (χ1v) is 13.4. The normalized spacial score (nSPS) is 20.0. The highest BCUT2D eigenvalue weighted by Crippen LogP contribution is 2.45. The molecule has 0 amide bonds. The van der Waals surface area contributed by atoms with Crippen LogP contribution >= 0.6 is 19.5 Å². The molecule has 0 saturated heterocycles. The minimum atomic E-state index is -1.70. The van der Waals surface area contributed by atoms with Gasteiger partial charge in [0.05, 0.1) is 0 Å². The highest BCUT2D eigenvalue weighted by atomic mass is 32.7. The van der Waals surface area contributed by atoms with Gasteiger partial charge in [-0.1, -0.05) is 103 Å². The van der Waals surface area contributed by atoms with Gasteiger partial charge in [-0.3, -0.25) is 0 Å². The van der Waals surface area contributed by atoms with E-state index in [2.05, 4.69) is 19.2 Å². The van der Waals surface area contributed by atoms with E-state index < -0.39 is 7.23 Å². The Kier molecular flexibility index (Phi) is 15.5. The fraction of sp³-hybridized carbons (Fsp3) is 1.00. The van der Waals surface area contributed by atoms with Crippen LogP contribution in [0.25, 0.3) is 0 Å². The lowest BCUT2D eigenvalue weighted by molar-refractivity contribution is 0.325. The van der Waals surface area contributed by atoms with Gasteiger partial charge in [0.15, 0.2) is 0 Å². The first-order chi connectivity index (χ1) is 12.2. The van der Waals surface area contributed by atoms with E-state index in [1.807, 2.05) is 0 Å². The average Bonchev–Trinajstić information content (AvgIpc) is 3.34. The van der Waals surface area contributed by atoms with E-state index in [1.54, 1.807) is 0 Å². The van der Waals surface area contributed by atoms with Gasteiger partial charge in [0, 0.05) is 0 Å². The molecule has 0 radical (unpaired) electrons. The Hall–Kier alpha value is 0.410. The molecule has 1 fully saturated rings. The zero-order valence-corrected chi connectivity index (χ0v) is 18.4. The summed E-state index contributed by atoms with van der Waals surface area (Å²) in [7, 11) is -1.70. The van der Waals surface area contributed by atoms with E-state index >= 15 is 0 Å². The lowest BCUT2D eigenvalue weighted by atomic mass is 10.0. The van der Waals surface area contributed by atoms with Crippen molar-refractivity contribution in [2.45, 2.75) is 116 Å². The van der Waals surface area contributed by atoms with Crippen molar-refractivity contribution in [3.63, 3.8) is 0 Å². The van der Waals surface area contributed by atoms with E-state index in [1.165, 1.54) is 103 Å². The summed E-state index contributed by atoms with van der Waals surface area (Å²) in [5.74, 6) is 2.19. The summed E-state index contributed by atoms with van der Waals surface area (Å²) in [4.78, 5) is 0. The molecule has 148 valence electrons. The van der Waals surface area contributed by atoms with Crippen LogP contribution in [0.15, 0.2) is 0 Å². The number of hydrogen-bond donors (Lipinski definition) is 1. The van der Waals surface area contributed by atoms with Crippen molar-refractivity contribution >= 4 is 19.5 Å². The third kappa shape index (κ3) is 15.2. The molecule has 0 aromatic heterocycles. The fourth-order valence-corrected chi connectivity index (χ4v) is 4.45. The Bertz CT molecular complexity index is 325. The third-order valence-corrected chi connectivity index (χ3v) is 6.42. The summed E-state index contributed by atoms with van der Waals surface area (Å²) in [6.07, 6.45) is 23.8. The van der Waals surface area contributed by atoms with Crippen molar-refractivity contribution in [2.24, 2.45) is 11.8 Å². The summed E-state index contributed by atoms with van der Waals surface area (Å²) in [6.45, 7) is 2.89. The molecule has 1 rings (SSSR count). The monoisotopic (exact) mass is 389 g/mol. The van der Waals surface area contributed by atoms with Crippen molar-refractivity contribution in [3.05, 3.63) is 0 Å². The molecular formula is C21H42O2PS+. The Balaban J connectivity index is 1.72. The van der Waals surface area contributed by atoms with Crippen LogP contribution in [0.2, 0.25) is 0 Å². The van der Waals surface area contributed by atoms with Crippen molar-refractivity contribution in [1.29, 1.82) is 0 Å². The Morgan fingerprint density at radius 1 is 0.760 bits per heavy atom. The van der Waals surface area contributed by atoms with E-state index in [4.69, 9.17) is 4.52 Å². The van der Waals surface area contributed by atoms with Crippen LogP contribution in [-0.4, -0.2) is 6.61 Å². The first kappa shape index (κ1) is 23.4. The minimum Gasteiger partial charge on any atom is -0.136 e. The maximum atomic E-state index is 10.6. The summed E-state index contributed by atoms with van der Waals surface area (Å²) >= 11 is 3.73. The van der Waals surface area contributed by atoms with E-state index in [9.17, 15) is 4.57 Å². The van der Waals surface area contributed by atoms with Gasteiger partial charge in [-0.2, -0.15) is 0 Å². The first-order valence-electron chi connectivity index (χ1n) is 11.0. The predicted molar refractivity (Wildman–Crippen MR) is 114 cm³/mol. The molecule has 0 heterocycles. The Morgan fingerprint density at radius 3 is 1.68 bits per heavy atom. The SMILES string of the molecule is CCCCCCCCC1CC1CCCCCCCCCCO[P+](=O)S. The zero-order valence-electron chi connectivity index (χ0n) is 16.6. The van der Waals surface area contributed by atoms with Crippen LogP contribution < -0.4 is 0 Å². The second kappa shape index (κ2) is 16.6. The summed E-state index contributed by atoms with van der Waals surface area (Å²) in [5, 5.41) is 0. The van der Waals surface area contributed by atoms with E-state index in [-0.39, 0.29) is 0 Å². The Labute approximate surface area is 163 Å². The van der Waals surface area contributed by atoms with Gasteiger partial charge < -0.3 is 0 Å². The number of thiol groups is 1. The molecule has 1 aliphatic carbocycles. The minimum absolute atomic E-state index is 0.597. The molecule has 0 aromatic carbocycles. The summed E-state index contributed by atoms with van der Waals surface area (Å²) in [5.41, 5.74) is 0. The molecule has 2 nitrogen and oxygen atoms in total. The topological polar surface area (TPSA) is 26.3 Å². The highest BCUT2D eigenvalue weighted by Gasteiger charge is 2.34. The number of hydrogen-bond acceptors (Lipinski definition) is 2. The molecule has 4 heteroatoms. The van der Waals surface area contributed by atoms with E-state index in [0.29, 0.717) is 6.61 Å². The molecular weight excluding hydrogens is 347 g/mol. The van der Waals surface area contributed by atoms with Crippen molar-refractivity contribution < 1.29 is 9.09 Å². The van der Waals surface area contributed by atoms with Gasteiger partial charge in [-0.25, -0.2) is 0 Å². The Morgan fingerprint density at radius 2 is 1.20 bits per heavy atom. The van der Waals surface area contributed by atoms with Gasteiger partial charge in [0.2, 0.25) is 0 Å². The van der Waals surface area contributed by atoms with Gasteiger partial charge in [-0.15, -0.1) is 4.52 Å². The number of rotatable bonds is 19. The quantitative estimate of drug-likeness (QED) is 0.136. The molecule has 25 heavy (non-hydrogen) atoms. The van der Waals surface area contributed by atoms with Crippen LogP contribution in [0, 0.1) is 11.8 Å². The highest BCUT2D eigenvalue weighted by molar-refractivity contribution is 8.39. The van der Waals surface area contributed by atoms with Gasteiger partial charge in [0.1, 0.15) is 18.9 Å². The molecule has 0 spiro atoms. The van der Waals surface area contributed by atoms with Crippen molar-refractivity contribution in [3.8, 4) is 0 Å². The maximum absolute atomic E-state index is 10.6. The smallest absolute Gasteiger partial charge is 0.136 e. The lowest BCUT2D eigenvalue weighted by Gasteiger charge is -2.03. The van der Waals surface area contributed by atoms with Gasteiger partial charge in [0.25, 0.3) is 0 Å². The van der Waals surface area contributed by atoms with Crippen molar-refractivity contribution in [2.75, 3.05) is 6.61 Å². The second-order valence-electron chi connectivity index (χ2n) is 8.00. The van der Waals surface area contributed by atoms with Gasteiger partial charge in [-0.05, 0) is 29.2 Å². The average molecular weight is 390 g/mol.